The molecule has 0 bridgehead atoms. The van der Waals surface area contributed by atoms with Crippen molar-refractivity contribution in [3.63, 3.8) is 0 Å². The normalized spacial score (nSPS) is 17.3. The van der Waals surface area contributed by atoms with Gasteiger partial charge in [-0.2, -0.15) is 0 Å². The van der Waals surface area contributed by atoms with Gasteiger partial charge in [-0.25, -0.2) is 0 Å². The molecule has 5 nitrogen and oxygen atoms in total. The molecule has 0 aliphatic carbocycles. The van der Waals surface area contributed by atoms with Gasteiger partial charge >= 0.3 is 0 Å². The van der Waals surface area contributed by atoms with E-state index < -0.39 is 6.10 Å². The molecule has 1 aliphatic rings. The SMILES string of the molecule is CCC(NC(=O)c1cccc(NC(=O)C2CCCO2)c1)c1ccc(Br)cc1. The highest BCUT2D eigenvalue weighted by Gasteiger charge is 2.23. The fourth-order valence-corrected chi connectivity index (χ4v) is 3.37. The van der Waals surface area contributed by atoms with Crippen LogP contribution in [0.5, 0.6) is 0 Å². The number of ether oxygens (including phenoxy) is 1. The highest BCUT2D eigenvalue weighted by molar-refractivity contribution is 9.10. The lowest BCUT2D eigenvalue weighted by atomic mass is 10.0. The van der Waals surface area contributed by atoms with E-state index in [-0.39, 0.29) is 17.9 Å². The predicted octanol–water partition coefficient (Wildman–Crippen LogP) is 4.45. The van der Waals surface area contributed by atoms with Gasteiger partial charge in [0.1, 0.15) is 6.10 Å². The summed E-state index contributed by atoms with van der Waals surface area (Å²) in [6.45, 7) is 2.65. The third-order valence-corrected chi connectivity index (χ3v) is 5.13. The highest BCUT2D eigenvalue weighted by atomic mass is 79.9. The van der Waals surface area contributed by atoms with E-state index in [1.165, 1.54) is 0 Å². The first-order chi connectivity index (χ1) is 13.1. The van der Waals surface area contributed by atoms with Crippen LogP contribution in [0.4, 0.5) is 5.69 Å². The molecule has 3 rings (SSSR count). The van der Waals surface area contributed by atoms with Crippen molar-refractivity contribution >= 4 is 33.4 Å². The van der Waals surface area contributed by atoms with Crippen molar-refractivity contribution in [2.75, 3.05) is 11.9 Å². The molecule has 142 valence electrons. The van der Waals surface area contributed by atoms with Crippen LogP contribution in [0.1, 0.15) is 48.1 Å². The van der Waals surface area contributed by atoms with Crippen LogP contribution in [-0.2, 0) is 9.53 Å². The van der Waals surface area contributed by atoms with Gasteiger partial charge in [-0.1, -0.05) is 41.1 Å². The van der Waals surface area contributed by atoms with E-state index in [1.54, 1.807) is 24.3 Å². The number of hydrogen-bond donors (Lipinski definition) is 2. The van der Waals surface area contributed by atoms with Crippen LogP contribution in [0.2, 0.25) is 0 Å². The van der Waals surface area contributed by atoms with Gasteiger partial charge in [0.15, 0.2) is 0 Å². The van der Waals surface area contributed by atoms with Gasteiger partial charge in [0, 0.05) is 22.3 Å². The van der Waals surface area contributed by atoms with Crippen molar-refractivity contribution < 1.29 is 14.3 Å². The van der Waals surface area contributed by atoms with E-state index >= 15 is 0 Å². The Kier molecular flexibility index (Phi) is 6.63. The second-order valence-corrected chi connectivity index (χ2v) is 7.47. The summed E-state index contributed by atoms with van der Waals surface area (Å²) in [6, 6.07) is 14.8. The summed E-state index contributed by atoms with van der Waals surface area (Å²) in [5.74, 6) is -0.329. The molecule has 1 fully saturated rings. The van der Waals surface area contributed by atoms with Gasteiger partial charge in [0.25, 0.3) is 11.8 Å². The van der Waals surface area contributed by atoms with Crippen LogP contribution in [0.3, 0.4) is 0 Å². The Morgan fingerprint density at radius 3 is 2.67 bits per heavy atom. The molecule has 2 aromatic carbocycles. The zero-order valence-corrected chi connectivity index (χ0v) is 16.8. The van der Waals surface area contributed by atoms with E-state index in [4.69, 9.17) is 4.74 Å². The number of hydrogen-bond acceptors (Lipinski definition) is 3. The van der Waals surface area contributed by atoms with E-state index in [0.29, 0.717) is 17.9 Å². The summed E-state index contributed by atoms with van der Waals surface area (Å²) >= 11 is 3.43. The lowest BCUT2D eigenvalue weighted by molar-refractivity contribution is -0.124. The van der Waals surface area contributed by atoms with E-state index in [9.17, 15) is 9.59 Å². The van der Waals surface area contributed by atoms with Crippen molar-refractivity contribution in [1.82, 2.24) is 5.32 Å². The van der Waals surface area contributed by atoms with Crippen molar-refractivity contribution in [2.24, 2.45) is 0 Å². The van der Waals surface area contributed by atoms with Crippen LogP contribution < -0.4 is 10.6 Å². The van der Waals surface area contributed by atoms with E-state index in [0.717, 1.165) is 29.3 Å². The number of carbonyl (C=O) groups is 2. The Balaban J connectivity index is 1.67. The summed E-state index contributed by atoms with van der Waals surface area (Å²) in [7, 11) is 0. The smallest absolute Gasteiger partial charge is 0.253 e. The number of rotatable bonds is 6. The Hall–Kier alpha value is -2.18. The zero-order valence-electron chi connectivity index (χ0n) is 15.2. The molecule has 0 aromatic heterocycles. The second-order valence-electron chi connectivity index (χ2n) is 6.56. The molecular formula is C21H23BrN2O3. The molecule has 2 unspecified atom stereocenters. The molecular weight excluding hydrogens is 408 g/mol. The van der Waals surface area contributed by atoms with Crippen molar-refractivity contribution in [3.05, 3.63) is 64.1 Å². The Morgan fingerprint density at radius 1 is 1.22 bits per heavy atom. The molecule has 2 aromatic rings. The first kappa shape index (κ1) is 19.6. The van der Waals surface area contributed by atoms with Crippen LogP contribution >= 0.6 is 15.9 Å². The first-order valence-corrected chi connectivity index (χ1v) is 9.95. The highest BCUT2D eigenvalue weighted by Crippen LogP contribution is 2.21. The van der Waals surface area contributed by atoms with Gasteiger partial charge in [-0.15, -0.1) is 0 Å². The minimum Gasteiger partial charge on any atom is -0.368 e. The average molecular weight is 431 g/mol. The Labute approximate surface area is 167 Å². The van der Waals surface area contributed by atoms with Gasteiger partial charge in [0.05, 0.1) is 6.04 Å². The number of nitrogens with one attached hydrogen (secondary N) is 2. The number of anilines is 1. The maximum Gasteiger partial charge on any atom is 0.253 e. The van der Waals surface area contributed by atoms with Crippen LogP contribution in [0.25, 0.3) is 0 Å². The predicted molar refractivity (Wildman–Crippen MR) is 109 cm³/mol. The second kappa shape index (κ2) is 9.15. The Bertz CT molecular complexity index is 801. The largest absolute Gasteiger partial charge is 0.368 e. The molecule has 1 aliphatic heterocycles. The summed E-state index contributed by atoms with van der Waals surface area (Å²) in [5.41, 5.74) is 2.16. The molecule has 1 heterocycles. The number of halogens is 1. The summed E-state index contributed by atoms with van der Waals surface area (Å²) in [6.07, 6.45) is 2.01. The minimum atomic E-state index is -0.399. The van der Waals surface area contributed by atoms with Gasteiger partial charge < -0.3 is 15.4 Å². The number of benzene rings is 2. The molecule has 27 heavy (non-hydrogen) atoms. The van der Waals surface area contributed by atoms with Gasteiger partial charge in [0.2, 0.25) is 0 Å². The number of carbonyl (C=O) groups excluding carboxylic acids is 2. The van der Waals surface area contributed by atoms with Crippen LogP contribution in [-0.4, -0.2) is 24.5 Å². The van der Waals surface area contributed by atoms with Crippen molar-refractivity contribution in [2.45, 2.75) is 38.3 Å². The molecule has 1 saturated heterocycles. The summed E-state index contributed by atoms with van der Waals surface area (Å²) < 4.78 is 6.40. The molecule has 0 radical (unpaired) electrons. The molecule has 2 atom stereocenters. The minimum absolute atomic E-state index is 0.0734. The van der Waals surface area contributed by atoms with Crippen LogP contribution in [0.15, 0.2) is 53.0 Å². The van der Waals surface area contributed by atoms with E-state index in [2.05, 4.69) is 26.6 Å². The maximum absolute atomic E-state index is 12.7. The quantitative estimate of drug-likeness (QED) is 0.711. The monoisotopic (exact) mass is 430 g/mol. The maximum atomic E-state index is 12.7. The fourth-order valence-electron chi connectivity index (χ4n) is 3.10. The summed E-state index contributed by atoms with van der Waals surface area (Å²) in [5, 5.41) is 5.90. The first-order valence-electron chi connectivity index (χ1n) is 9.15. The number of amides is 2. The van der Waals surface area contributed by atoms with E-state index in [1.807, 2.05) is 31.2 Å². The van der Waals surface area contributed by atoms with Gasteiger partial charge in [-0.05, 0) is 55.2 Å². The molecule has 0 saturated carbocycles. The molecule has 6 heteroatoms. The van der Waals surface area contributed by atoms with Crippen LogP contribution in [0, 0.1) is 0 Å². The molecule has 2 amide bonds. The lowest BCUT2D eigenvalue weighted by Crippen LogP contribution is -2.29. The molecule has 2 N–H and O–H groups in total. The third-order valence-electron chi connectivity index (χ3n) is 4.60. The lowest BCUT2D eigenvalue weighted by Gasteiger charge is -2.18. The standard InChI is InChI=1S/C21H23BrN2O3/c1-2-18(14-8-10-16(22)11-9-14)24-20(25)15-5-3-6-17(13-15)23-21(26)19-7-4-12-27-19/h3,5-6,8-11,13,18-19H,2,4,7,12H2,1H3,(H,23,26)(H,24,25). The third kappa shape index (κ3) is 5.17. The van der Waals surface area contributed by atoms with Gasteiger partial charge in [-0.3, -0.25) is 9.59 Å². The Morgan fingerprint density at radius 2 is 2.00 bits per heavy atom. The fraction of sp³-hybridized carbons (Fsp3) is 0.333. The van der Waals surface area contributed by atoms with Crippen molar-refractivity contribution in [1.29, 1.82) is 0 Å². The zero-order chi connectivity index (χ0) is 19.2. The average Bonchev–Trinajstić information content (AvgIpc) is 3.22. The summed E-state index contributed by atoms with van der Waals surface area (Å²) in [4.78, 5) is 24.9. The molecule has 0 spiro atoms. The van der Waals surface area contributed by atoms with Crippen molar-refractivity contribution in [3.8, 4) is 0 Å². The topological polar surface area (TPSA) is 67.4 Å².